The van der Waals surface area contributed by atoms with Crippen molar-refractivity contribution in [3.63, 3.8) is 0 Å². The quantitative estimate of drug-likeness (QED) is 0.553. The molecule has 1 N–H and O–H groups in total. The molecule has 0 amide bonds. The van der Waals surface area contributed by atoms with Gasteiger partial charge in [0.2, 0.25) is 0 Å². The standard InChI is InChI=1S/C7H9N3S/c1-4-3-8-5(2)7-6(4)9-11-10-7/h3,7,10H,1-2H3. The van der Waals surface area contributed by atoms with Crippen LogP contribution in [0.25, 0.3) is 0 Å². The van der Waals surface area contributed by atoms with Crippen molar-refractivity contribution in [3.05, 3.63) is 11.8 Å². The number of rotatable bonds is 0. The molecule has 2 aliphatic heterocycles. The molecule has 2 heterocycles. The molecule has 0 fully saturated rings. The van der Waals surface area contributed by atoms with Crippen LogP contribution in [0.2, 0.25) is 0 Å². The zero-order valence-electron chi connectivity index (χ0n) is 6.46. The van der Waals surface area contributed by atoms with Crippen LogP contribution in [-0.2, 0) is 0 Å². The van der Waals surface area contributed by atoms with E-state index in [1.165, 1.54) is 12.1 Å². The van der Waals surface area contributed by atoms with Crippen LogP contribution in [0.3, 0.4) is 0 Å². The minimum atomic E-state index is 0.255. The lowest BCUT2D eigenvalue weighted by Gasteiger charge is -2.15. The Hall–Kier alpha value is -0.610. The van der Waals surface area contributed by atoms with Gasteiger partial charge in [0.1, 0.15) is 0 Å². The molecule has 11 heavy (non-hydrogen) atoms. The first-order chi connectivity index (χ1) is 5.29. The lowest BCUT2D eigenvalue weighted by Crippen LogP contribution is -2.36. The Bertz CT molecular complexity index is 277. The van der Waals surface area contributed by atoms with E-state index in [1.807, 2.05) is 20.0 Å². The van der Waals surface area contributed by atoms with E-state index < -0.39 is 0 Å². The van der Waals surface area contributed by atoms with Crippen molar-refractivity contribution in [2.45, 2.75) is 19.9 Å². The van der Waals surface area contributed by atoms with Crippen LogP contribution >= 0.6 is 12.1 Å². The van der Waals surface area contributed by atoms with Gasteiger partial charge in [-0.3, -0.25) is 4.99 Å². The van der Waals surface area contributed by atoms with Crippen LogP contribution < -0.4 is 4.72 Å². The van der Waals surface area contributed by atoms with Crippen molar-refractivity contribution < 1.29 is 0 Å². The van der Waals surface area contributed by atoms with Gasteiger partial charge in [0, 0.05) is 11.9 Å². The van der Waals surface area contributed by atoms with E-state index in [2.05, 4.69) is 14.1 Å². The molecule has 0 saturated heterocycles. The molecule has 2 aliphatic rings. The summed E-state index contributed by atoms with van der Waals surface area (Å²) >= 11 is 1.40. The molecule has 3 nitrogen and oxygen atoms in total. The minimum Gasteiger partial charge on any atom is -0.264 e. The highest BCUT2D eigenvalue weighted by atomic mass is 32.2. The zero-order valence-corrected chi connectivity index (χ0v) is 7.27. The van der Waals surface area contributed by atoms with E-state index in [9.17, 15) is 0 Å². The first-order valence-electron chi connectivity index (χ1n) is 3.50. The lowest BCUT2D eigenvalue weighted by molar-refractivity contribution is 1.03. The fourth-order valence-electron chi connectivity index (χ4n) is 1.16. The first kappa shape index (κ1) is 7.06. The predicted octanol–water partition coefficient (Wildman–Crippen LogP) is 1.34. The maximum absolute atomic E-state index is 4.26. The van der Waals surface area contributed by atoms with Crippen LogP contribution in [0.15, 0.2) is 21.2 Å². The largest absolute Gasteiger partial charge is 0.264 e. The summed E-state index contributed by atoms with van der Waals surface area (Å²) in [6.45, 7) is 4.05. The lowest BCUT2D eigenvalue weighted by atomic mass is 10.0. The average Bonchev–Trinajstić information content (AvgIpc) is 2.45. The fourth-order valence-corrected chi connectivity index (χ4v) is 1.95. The Morgan fingerprint density at radius 2 is 2.36 bits per heavy atom. The molecule has 0 aromatic rings. The summed E-state index contributed by atoms with van der Waals surface area (Å²) in [6, 6.07) is 0.255. The van der Waals surface area contributed by atoms with Crippen LogP contribution in [0, 0.1) is 0 Å². The molecule has 1 atom stereocenters. The minimum absolute atomic E-state index is 0.255. The molecule has 0 aliphatic carbocycles. The molecular weight excluding hydrogens is 158 g/mol. The second-order valence-corrected chi connectivity index (χ2v) is 3.30. The van der Waals surface area contributed by atoms with Crippen molar-refractivity contribution in [2.24, 2.45) is 9.39 Å². The Morgan fingerprint density at radius 1 is 1.55 bits per heavy atom. The highest BCUT2D eigenvalue weighted by Crippen LogP contribution is 2.20. The number of nitrogens with zero attached hydrogens (tertiary/aromatic N) is 2. The maximum atomic E-state index is 4.26. The van der Waals surface area contributed by atoms with E-state index in [0.29, 0.717) is 0 Å². The number of hydrogen-bond acceptors (Lipinski definition) is 4. The molecule has 0 aromatic heterocycles. The Labute approximate surface area is 70.0 Å². The van der Waals surface area contributed by atoms with Crippen LogP contribution in [0.4, 0.5) is 0 Å². The molecule has 2 rings (SSSR count). The van der Waals surface area contributed by atoms with Gasteiger partial charge >= 0.3 is 0 Å². The predicted molar refractivity (Wildman–Crippen MR) is 48.8 cm³/mol. The topological polar surface area (TPSA) is 36.8 Å². The molecule has 0 spiro atoms. The molecule has 4 heteroatoms. The van der Waals surface area contributed by atoms with Gasteiger partial charge in [-0.05, 0) is 19.4 Å². The van der Waals surface area contributed by atoms with Crippen molar-refractivity contribution in [2.75, 3.05) is 0 Å². The Morgan fingerprint density at radius 3 is 3.09 bits per heavy atom. The van der Waals surface area contributed by atoms with Gasteiger partial charge in [-0.1, -0.05) is 0 Å². The van der Waals surface area contributed by atoms with E-state index in [-0.39, 0.29) is 6.04 Å². The summed E-state index contributed by atoms with van der Waals surface area (Å²) in [4.78, 5) is 4.25. The summed E-state index contributed by atoms with van der Waals surface area (Å²) < 4.78 is 7.44. The number of nitrogens with one attached hydrogen (secondary N) is 1. The molecule has 58 valence electrons. The molecule has 0 saturated carbocycles. The van der Waals surface area contributed by atoms with E-state index in [0.717, 1.165) is 17.0 Å². The van der Waals surface area contributed by atoms with Gasteiger partial charge in [-0.15, -0.1) is 0 Å². The summed E-state index contributed by atoms with van der Waals surface area (Å²) in [6.07, 6.45) is 1.87. The van der Waals surface area contributed by atoms with Crippen molar-refractivity contribution in [1.29, 1.82) is 0 Å². The zero-order chi connectivity index (χ0) is 7.84. The summed E-state index contributed by atoms with van der Waals surface area (Å²) in [5, 5.41) is 0. The van der Waals surface area contributed by atoms with Gasteiger partial charge in [0.25, 0.3) is 0 Å². The highest BCUT2D eigenvalue weighted by molar-refractivity contribution is 7.96. The second-order valence-electron chi connectivity index (χ2n) is 2.70. The van der Waals surface area contributed by atoms with Crippen molar-refractivity contribution in [1.82, 2.24) is 4.72 Å². The molecule has 1 unspecified atom stereocenters. The molecule has 0 aromatic carbocycles. The molecule has 0 radical (unpaired) electrons. The van der Waals surface area contributed by atoms with E-state index >= 15 is 0 Å². The van der Waals surface area contributed by atoms with Crippen molar-refractivity contribution >= 4 is 23.6 Å². The normalized spacial score (nSPS) is 28.9. The third kappa shape index (κ3) is 1.02. The van der Waals surface area contributed by atoms with Crippen LogP contribution in [0.1, 0.15) is 13.8 Å². The van der Waals surface area contributed by atoms with Gasteiger partial charge in [0.15, 0.2) is 0 Å². The Balaban J connectivity index is 2.42. The third-order valence-electron chi connectivity index (χ3n) is 1.87. The van der Waals surface area contributed by atoms with Crippen LogP contribution in [-0.4, -0.2) is 17.5 Å². The first-order valence-corrected chi connectivity index (χ1v) is 4.27. The van der Waals surface area contributed by atoms with Gasteiger partial charge < -0.3 is 0 Å². The SMILES string of the molecule is CC1=CN=C(C)C2NSN=C12. The smallest absolute Gasteiger partial charge is 0.0999 e. The second kappa shape index (κ2) is 2.46. The summed E-state index contributed by atoms with van der Waals surface area (Å²) in [5.74, 6) is 0. The van der Waals surface area contributed by atoms with E-state index in [1.54, 1.807) is 0 Å². The van der Waals surface area contributed by atoms with Gasteiger partial charge in [-0.25, -0.2) is 9.12 Å². The number of aliphatic imine (C=N–C) groups is 1. The monoisotopic (exact) mass is 167 g/mol. The number of hydrogen-bond donors (Lipinski definition) is 1. The molecule has 0 bridgehead atoms. The van der Waals surface area contributed by atoms with Gasteiger partial charge in [0.05, 0.1) is 23.9 Å². The average molecular weight is 167 g/mol. The third-order valence-corrected chi connectivity index (χ3v) is 2.50. The summed E-state index contributed by atoms with van der Waals surface area (Å²) in [7, 11) is 0. The van der Waals surface area contributed by atoms with Gasteiger partial charge in [-0.2, -0.15) is 0 Å². The maximum Gasteiger partial charge on any atom is 0.0999 e. The number of fused-ring (bicyclic) bond motifs is 1. The fraction of sp³-hybridized carbons (Fsp3) is 0.429. The Kier molecular flexibility index (Phi) is 1.58. The van der Waals surface area contributed by atoms with E-state index in [4.69, 9.17) is 0 Å². The highest BCUT2D eigenvalue weighted by Gasteiger charge is 2.27. The summed E-state index contributed by atoms with van der Waals surface area (Å²) in [5.41, 5.74) is 3.39. The van der Waals surface area contributed by atoms with Crippen LogP contribution in [0.5, 0.6) is 0 Å². The van der Waals surface area contributed by atoms with Crippen molar-refractivity contribution in [3.8, 4) is 0 Å². The molecular formula is C7H9N3S.